The van der Waals surface area contributed by atoms with Crippen molar-refractivity contribution in [2.24, 2.45) is 0 Å². The third-order valence-corrected chi connectivity index (χ3v) is 3.77. The van der Waals surface area contributed by atoms with E-state index in [0.717, 1.165) is 11.1 Å². The molecule has 3 rings (SSSR count). The zero-order valence-corrected chi connectivity index (χ0v) is 12.5. The number of carbonyl (C=O) groups is 1. The first-order valence-corrected chi connectivity index (χ1v) is 7.35. The molecule has 0 bridgehead atoms. The second-order valence-corrected chi connectivity index (χ2v) is 5.39. The highest BCUT2D eigenvalue weighted by Crippen LogP contribution is 2.25. The van der Waals surface area contributed by atoms with E-state index < -0.39 is 0 Å². The number of benzene rings is 1. The predicted octanol–water partition coefficient (Wildman–Crippen LogP) is 0.917. The number of hydrogen-bond donors (Lipinski definition) is 2. The largest absolute Gasteiger partial charge is 0.476 e. The van der Waals surface area contributed by atoms with Crippen LogP contribution < -0.4 is 10.1 Å². The molecule has 0 radical (unpaired) electrons. The highest BCUT2D eigenvalue weighted by atomic mass is 16.5. The topological polar surface area (TPSA) is 76.4 Å². The molecule has 0 saturated carbocycles. The van der Waals surface area contributed by atoms with Crippen LogP contribution >= 0.6 is 0 Å². The van der Waals surface area contributed by atoms with Crippen molar-refractivity contribution < 1.29 is 14.6 Å². The molecule has 1 amide bonds. The summed E-state index contributed by atoms with van der Waals surface area (Å²) in [6.45, 7) is 2.96. The van der Waals surface area contributed by atoms with E-state index in [4.69, 9.17) is 4.74 Å². The number of amides is 1. The number of aromatic nitrogens is 2. The van der Waals surface area contributed by atoms with Crippen LogP contribution in [0.25, 0.3) is 0 Å². The molecule has 1 atom stereocenters. The summed E-state index contributed by atoms with van der Waals surface area (Å²) in [7, 11) is 0. The minimum absolute atomic E-state index is 0.121. The van der Waals surface area contributed by atoms with Crippen LogP contribution in [0.5, 0.6) is 5.88 Å². The first-order valence-electron chi connectivity index (χ1n) is 7.35. The molecule has 0 spiro atoms. The van der Waals surface area contributed by atoms with Crippen molar-refractivity contribution in [3.63, 3.8) is 0 Å². The zero-order chi connectivity index (χ0) is 15.5. The molecule has 6 heteroatoms. The van der Waals surface area contributed by atoms with E-state index in [1.165, 1.54) is 0 Å². The fraction of sp³-hybridized carbons (Fsp3) is 0.375. The quantitative estimate of drug-likeness (QED) is 0.861. The number of ether oxygens (including phenoxy) is 1. The van der Waals surface area contributed by atoms with Crippen LogP contribution in [0.1, 0.15) is 21.6 Å². The van der Waals surface area contributed by atoms with Crippen LogP contribution in [0.3, 0.4) is 0 Å². The Bertz CT molecular complexity index is 667. The molecule has 2 heterocycles. The van der Waals surface area contributed by atoms with E-state index in [2.05, 4.69) is 10.4 Å². The van der Waals surface area contributed by atoms with Gasteiger partial charge in [0.2, 0.25) is 5.88 Å². The fourth-order valence-electron chi connectivity index (χ4n) is 2.63. The van der Waals surface area contributed by atoms with Gasteiger partial charge in [-0.2, -0.15) is 5.10 Å². The SMILES string of the molecule is Cc1c(C(=O)NC(CO)Cc2ccccc2)nn2c1OCC2. The Kier molecular flexibility index (Phi) is 4.11. The van der Waals surface area contributed by atoms with Crippen LogP contribution in [0.15, 0.2) is 30.3 Å². The third-order valence-electron chi connectivity index (χ3n) is 3.77. The molecule has 22 heavy (non-hydrogen) atoms. The number of aliphatic hydroxyl groups is 1. The second kappa shape index (κ2) is 6.19. The molecule has 1 unspecified atom stereocenters. The average molecular weight is 301 g/mol. The van der Waals surface area contributed by atoms with Crippen molar-refractivity contribution in [1.29, 1.82) is 0 Å². The van der Waals surface area contributed by atoms with E-state index >= 15 is 0 Å². The molecule has 2 aromatic rings. The maximum Gasteiger partial charge on any atom is 0.272 e. The number of nitrogens with one attached hydrogen (secondary N) is 1. The van der Waals surface area contributed by atoms with Gasteiger partial charge in [0.25, 0.3) is 5.91 Å². The van der Waals surface area contributed by atoms with Gasteiger partial charge < -0.3 is 15.2 Å². The van der Waals surface area contributed by atoms with Crippen LogP contribution in [-0.4, -0.2) is 40.0 Å². The van der Waals surface area contributed by atoms with Gasteiger partial charge in [-0.05, 0) is 18.9 Å². The van der Waals surface area contributed by atoms with E-state index in [-0.39, 0.29) is 18.6 Å². The van der Waals surface area contributed by atoms with Crippen molar-refractivity contribution in [3.8, 4) is 5.88 Å². The number of hydrogen-bond acceptors (Lipinski definition) is 4. The van der Waals surface area contributed by atoms with Crippen LogP contribution in [-0.2, 0) is 13.0 Å². The van der Waals surface area contributed by atoms with Gasteiger partial charge in [0.05, 0.1) is 19.2 Å². The van der Waals surface area contributed by atoms with Crippen molar-refractivity contribution in [1.82, 2.24) is 15.1 Å². The lowest BCUT2D eigenvalue weighted by Gasteiger charge is -2.16. The van der Waals surface area contributed by atoms with E-state index in [0.29, 0.717) is 31.1 Å². The average Bonchev–Trinajstić information content (AvgIpc) is 3.11. The minimum atomic E-state index is -0.341. The summed E-state index contributed by atoms with van der Waals surface area (Å²) in [6, 6.07) is 9.41. The molecule has 116 valence electrons. The lowest BCUT2D eigenvalue weighted by molar-refractivity contribution is 0.0909. The summed E-state index contributed by atoms with van der Waals surface area (Å²) in [5.41, 5.74) is 2.17. The zero-order valence-electron chi connectivity index (χ0n) is 12.5. The Morgan fingerprint density at radius 1 is 1.45 bits per heavy atom. The van der Waals surface area contributed by atoms with E-state index in [1.54, 1.807) is 4.68 Å². The summed E-state index contributed by atoms with van der Waals surface area (Å²) in [5.74, 6) is 0.381. The van der Waals surface area contributed by atoms with Crippen LogP contribution in [0, 0.1) is 6.92 Å². The first-order chi connectivity index (χ1) is 10.7. The number of carbonyl (C=O) groups excluding carboxylic acids is 1. The maximum atomic E-state index is 12.4. The van der Waals surface area contributed by atoms with Gasteiger partial charge in [-0.15, -0.1) is 0 Å². The van der Waals surface area contributed by atoms with Gasteiger partial charge >= 0.3 is 0 Å². The van der Waals surface area contributed by atoms with E-state index in [9.17, 15) is 9.90 Å². The standard InChI is InChI=1S/C16H19N3O3/c1-11-14(18-19-7-8-22-16(11)19)15(21)17-13(10-20)9-12-5-3-2-4-6-12/h2-6,13,20H,7-10H2,1H3,(H,17,21). The summed E-state index contributed by atoms with van der Waals surface area (Å²) in [5, 5.41) is 16.6. The summed E-state index contributed by atoms with van der Waals surface area (Å²) >= 11 is 0. The van der Waals surface area contributed by atoms with Gasteiger partial charge in [-0.1, -0.05) is 30.3 Å². The van der Waals surface area contributed by atoms with E-state index in [1.807, 2.05) is 37.3 Å². The fourth-order valence-corrected chi connectivity index (χ4v) is 2.63. The Balaban J connectivity index is 1.70. The van der Waals surface area contributed by atoms with Crippen LogP contribution in [0.2, 0.25) is 0 Å². The Morgan fingerprint density at radius 3 is 2.91 bits per heavy atom. The van der Waals surface area contributed by atoms with Gasteiger partial charge in [0.15, 0.2) is 5.69 Å². The minimum Gasteiger partial charge on any atom is -0.476 e. The molecule has 6 nitrogen and oxygen atoms in total. The molecular formula is C16H19N3O3. The van der Waals surface area contributed by atoms with Crippen molar-refractivity contribution in [3.05, 3.63) is 47.2 Å². The molecule has 1 aromatic carbocycles. The first kappa shape index (κ1) is 14.6. The molecule has 0 saturated heterocycles. The van der Waals surface area contributed by atoms with Crippen molar-refractivity contribution in [2.45, 2.75) is 25.9 Å². The number of nitrogens with zero attached hydrogens (tertiary/aromatic N) is 2. The molecule has 2 N–H and O–H groups in total. The molecular weight excluding hydrogens is 282 g/mol. The molecule has 1 aliphatic heterocycles. The Labute approximate surface area is 128 Å². The molecule has 0 aliphatic carbocycles. The summed E-state index contributed by atoms with van der Waals surface area (Å²) < 4.78 is 7.16. The Morgan fingerprint density at radius 2 is 2.23 bits per heavy atom. The van der Waals surface area contributed by atoms with Gasteiger partial charge in [0, 0.05) is 5.56 Å². The smallest absolute Gasteiger partial charge is 0.272 e. The van der Waals surface area contributed by atoms with Gasteiger partial charge in [-0.3, -0.25) is 4.79 Å². The number of rotatable bonds is 5. The second-order valence-electron chi connectivity index (χ2n) is 5.39. The summed E-state index contributed by atoms with van der Waals surface area (Å²) in [6.07, 6.45) is 0.576. The highest BCUT2D eigenvalue weighted by molar-refractivity contribution is 5.94. The predicted molar refractivity (Wildman–Crippen MR) is 80.9 cm³/mol. The molecule has 1 aliphatic rings. The normalized spacial score (nSPS) is 14.3. The lowest BCUT2D eigenvalue weighted by atomic mass is 10.1. The van der Waals surface area contributed by atoms with Gasteiger partial charge in [-0.25, -0.2) is 4.68 Å². The van der Waals surface area contributed by atoms with Gasteiger partial charge in [0.1, 0.15) is 6.61 Å². The lowest BCUT2D eigenvalue weighted by Crippen LogP contribution is -2.39. The molecule has 1 aromatic heterocycles. The highest BCUT2D eigenvalue weighted by Gasteiger charge is 2.25. The Hall–Kier alpha value is -2.34. The summed E-state index contributed by atoms with van der Waals surface area (Å²) in [4.78, 5) is 12.4. The number of aliphatic hydroxyl groups excluding tert-OH is 1. The number of fused-ring (bicyclic) bond motifs is 1. The third kappa shape index (κ3) is 2.82. The van der Waals surface area contributed by atoms with Crippen LogP contribution in [0.4, 0.5) is 0 Å². The van der Waals surface area contributed by atoms with Crippen molar-refractivity contribution >= 4 is 5.91 Å². The monoisotopic (exact) mass is 301 g/mol. The molecule has 0 fully saturated rings. The maximum absolute atomic E-state index is 12.4. The van der Waals surface area contributed by atoms with Crippen molar-refractivity contribution in [2.75, 3.05) is 13.2 Å².